The molecule has 9 heteroatoms. The maximum atomic E-state index is 12.3. The Hall–Kier alpha value is -3.29. The van der Waals surface area contributed by atoms with Gasteiger partial charge < -0.3 is 20.7 Å². The molecule has 3 N–H and O–H groups in total. The van der Waals surface area contributed by atoms with Crippen molar-refractivity contribution in [2.75, 3.05) is 12.4 Å². The number of rotatable bonds is 6. The molecule has 7 nitrogen and oxygen atoms in total. The summed E-state index contributed by atoms with van der Waals surface area (Å²) in [7, 11) is 1.54. The van der Waals surface area contributed by atoms with Gasteiger partial charge in [-0.25, -0.2) is 4.79 Å². The Morgan fingerprint density at radius 2 is 1.77 bits per heavy atom. The third kappa shape index (κ3) is 5.87. The van der Waals surface area contributed by atoms with Crippen LogP contribution in [0.1, 0.15) is 29.0 Å². The standard InChI is InChI=1S/C22H20Cl2N4O3/c1-13(27-22(30)28-18-5-3-4-17(23)20(18)24)14-6-8-15(9-7-14)31-16-10-11-26-19(12-16)21(29)25-2/h3-13H,1-2H3,(H,25,29)(H2,27,28,30). The van der Waals surface area contributed by atoms with Gasteiger partial charge in [-0.05, 0) is 42.8 Å². The van der Waals surface area contributed by atoms with E-state index < -0.39 is 6.03 Å². The lowest BCUT2D eigenvalue weighted by Crippen LogP contribution is -2.31. The quantitative estimate of drug-likeness (QED) is 0.459. The molecule has 0 aliphatic heterocycles. The Kier molecular flexibility index (Phi) is 7.33. The number of ether oxygens (including phenoxy) is 1. The van der Waals surface area contributed by atoms with Crippen LogP contribution in [0.3, 0.4) is 0 Å². The normalized spacial score (nSPS) is 11.4. The first-order chi connectivity index (χ1) is 14.9. The molecule has 3 rings (SSSR count). The molecule has 3 amide bonds. The van der Waals surface area contributed by atoms with E-state index in [0.717, 1.165) is 5.56 Å². The van der Waals surface area contributed by atoms with Crippen LogP contribution in [0.4, 0.5) is 10.5 Å². The number of amides is 3. The van der Waals surface area contributed by atoms with E-state index in [1.54, 1.807) is 42.5 Å². The molecule has 0 fully saturated rings. The molecule has 1 atom stereocenters. The monoisotopic (exact) mass is 458 g/mol. The summed E-state index contributed by atoms with van der Waals surface area (Å²) in [5, 5.41) is 8.69. The zero-order chi connectivity index (χ0) is 22.4. The van der Waals surface area contributed by atoms with Gasteiger partial charge in [0.15, 0.2) is 0 Å². The van der Waals surface area contributed by atoms with Crippen molar-refractivity contribution in [3.8, 4) is 11.5 Å². The number of nitrogens with zero attached hydrogens (tertiary/aromatic N) is 1. The highest BCUT2D eigenvalue weighted by atomic mass is 35.5. The Labute approximate surface area is 189 Å². The van der Waals surface area contributed by atoms with Gasteiger partial charge in [0.2, 0.25) is 0 Å². The molecule has 160 valence electrons. The number of urea groups is 1. The van der Waals surface area contributed by atoms with Crippen LogP contribution in [0.15, 0.2) is 60.8 Å². The smallest absolute Gasteiger partial charge is 0.319 e. The Balaban J connectivity index is 1.61. The maximum absolute atomic E-state index is 12.3. The van der Waals surface area contributed by atoms with E-state index in [1.807, 2.05) is 19.1 Å². The molecular formula is C22H20Cl2N4O3. The lowest BCUT2D eigenvalue weighted by molar-refractivity contribution is 0.0958. The van der Waals surface area contributed by atoms with Crippen LogP contribution in [0.2, 0.25) is 10.0 Å². The average Bonchev–Trinajstić information content (AvgIpc) is 2.77. The van der Waals surface area contributed by atoms with Crippen molar-refractivity contribution in [3.05, 3.63) is 82.1 Å². The number of nitrogens with one attached hydrogen (secondary N) is 3. The number of hydrogen-bond donors (Lipinski definition) is 3. The van der Waals surface area contributed by atoms with Crippen molar-refractivity contribution in [1.82, 2.24) is 15.6 Å². The van der Waals surface area contributed by atoms with Gasteiger partial charge >= 0.3 is 6.03 Å². The van der Waals surface area contributed by atoms with Crippen LogP contribution in [0.5, 0.6) is 11.5 Å². The summed E-state index contributed by atoms with van der Waals surface area (Å²) in [4.78, 5) is 28.0. The topological polar surface area (TPSA) is 92.4 Å². The van der Waals surface area contributed by atoms with E-state index in [0.29, 0.717) is 22.2 Å². The molecule has 0 bridgehead atoms. The van der Waals surface area contributed by atoms with Gasteiger partial charge in [0.25, 0.3) is 5.91 Å². The Bertz CT molecular complexity index is 1090. The number of pyridine rings is 1. The summed E-state index contributed by atoms with van der Waals surface area (Å²) < 4.78 is 5.79. The molecule has 31 heavy (non-hydrogen) atoms. The minimum atomic E-state index is -0.407. The van der Waals surface area contributed by atoms with Crippen molar-refractivity contribution in [2.45, 2.75) is 13.0 Å². The zero-order valence-electron chi connectivity index (χ0n) is 16.8. The number of anilines is 1. The van der Waals surface area contributed by atoms with E-state index >= 15 is 0 Å². The summed E-state index contributed by atoms with van der Waals surface area (Å²) in [6, 6.07) is 14.8. The zero-order valence-corrected chi connectivity index (χ0v) is 18.3. The third-order valence-corrected chi connectivity index (χ3v) is 5.17. The van der Waals surface area contributed by atoms with Crippen LogP contribution in [-0.2, 0) is 0 Å². The molecule has 1 heterocycles. The molecule has 0 saturated heterocycles. The molecule has 0 spiro atoms. The molecule has 0 saturated carbocycles. The average molecular weight is 459 g/mol. The van der Waals surface area contributed by atoms with E-state index in [4.69, 9.17) is 27.9 Å². The van der Waals surface area contributed by atoms with Crippen LogP contribution in [0, 0.1) is 0 Å². The first kappa shape index (κ1) is 22.4. The van der Waals surface area contributed by atoms with Crippen LogP contribution < -0.4 is 20.7 Å². The van der Waals surface area contributed by atoms with E-state index in [2.05, 4.69) is 20.9 Å². The van der Waals surface area contributed by atoms with Gasteiger partial charge in [0.1, 0.15) is 17.2 Å². The minimum absolute atomic E-state index is 0.264. The third-order valence-electron chi connectivity index (χ3n) is 4.35. The Morgan fingerprint density at radius 3 is 2.48 bits per heavy atom. The SMILES string of the molecule is CNC(=O)c1cc(Oc2ccc(C(C)NC(=O)Nc3cccc(Cl)c3Cl)cc2)ccn1. The van der Waals surface area contributed by atoms with Crippen molar-refractivity contribution >= 4 is 40.8 Å². The van der Waals surface area contributed by atoms with Gasteiger partial charge in [-0.15, -0.1) is 0 Å². The number of halogens is 2. The van der Waals surface area contributed by atoms with Crippen molar-refractivity contribution in [2.24, 2.45) is 0 Å². The van der Waals surface area contributed by atoms with Gasteiger partial charge in [-0.3, -0.25) is 9.78 Å². The summed E-state index contributed by atoms with van der Waals surface area (Å²) in [6.07, 6.45) is 1.51. The number of carbonyl (C=O) groups excluding carboxylic acids is 2. The molecular weight excluding hydrogens is 439 g/mol. The van der Waals surface area contributed by atoms with E-state index in [9.17, 15) is 9.59 Å². The van der Waals surface area contributed by atoms with Crippen LogP contribution in [-0.4, -0.2) is 24.0 Å². The summed E-state index contributed by atoms with van der Waals surface area (Å²) >= 11 is 12.1. The molecule has 0 aliphatic carbocycles. The highest BCUT2D eigenvalue weighted by Gasteiger charge is 2.13. The fraction of sp³-hybridized carbons (Fsp3) is 0.136. The summed E-state index contributed by atoms with van der Waals surface area (Å²) in [5.41, 5.74) is 1.57. The fourth-order valence-corrected chi connectivity index (χ4v) is 3.07. The largest absolute Gasteiger partial charge is 0.457 e. The first-order valence-corrected chi connectivity index (χ1v) is 10.1. The number of carbonyl (C=O) groups is 2. The van der Waals surface area contributed by atoms with Crippen molar-refractivity contribution < 1.29 is 14.3 Å². The van der Waals surface area contributed by atoms with E-state index in [-0.39, 0.29) is 22.7 Å². The van der Waals surface area contributed by atoms with Crippen LogP contribution >= 0.6 is 23.2 Å². The highest BCUT2D eigenvalue weighted by molar-refractivity contribution is 6.43. The lowest BCUT2D eigenvalue weighted by Gasteiger charge is -2.16. The Morgan fingerprint density at radius 1 is 1.03 bits per heavy atom. The number of aromatic nitrogens is 1. The van der Waals surface area contributed by atoms with Gasteiger partial charge in [-0.2, -0.15) is 0 Å². The number of hydrogen-bond acceptors (Lipinski definition) is 4. The predicted molar refractivity (Wildman–Crippen MR) is 121 cm³/mol. The summed E-state index contributed by atoms with van der Waals surface area (Å²) in [5.74, 6) is 0.781. The van der Waals surface area contributed by atoms with Gasteiger partial charge in [0, 0.05) is 19.3 Å². The summed E-state index contributed by atoms with van der Waals surface area (Å²) in [6.45, 7) is 1.85. The van der Waals surface area contributed by atoms with Gasteiger partial charge in [0.05, 0.1) is 21.8 Å². The minimum Gasteiger partial charge on any atom is -0.457 e. The second-order valence-electron chi connectivity index (χ2n) is 6.55. The first-order valence-electron chi connectivity index (χ1n) is 9.35. The number of benzene rings is 2. The fourth-order valence-electron chi connectivity index (χ4n) is 2.73. The van der Waals surface area contributed by atoms with Crippen molar-refractivity contribution in [3.63, 3.8) is 0 Å². The second-order valence-corrected chi connectivity index (χ2v) is 7.33. The van der Waals surface area contributed by atoms with Crippen LogP contribution in [0.25, 0.3) is 0 Å². The van der Waals surface area contributed by atoms with Gasteiger partial charge in [-0.1, -0.05) is 41.4 Å². The molecule has 2 aromatic carbocycles. The molecule has 1 aromatic heterocycles. The molecule has 1 unspecified atom stereocenters. The molecule has 3 aromatic rings. The van der Waals surface area contributed by atoms with E-state index in [1.165, 1.54) is 13.2 Å². The molecule has 0 aliphatic rings. The maximum Gasteiger partial charge on any atom is 0.319 e. The van der Waals surface area contributed by atoms with Crippen molar-refractivity contribution in [1.29, 1.82) is 0 Å². The highest BCUT2D eigenvalue weighted by Crippen LogP contribution is 2.29. The molecule has 0 radical (unpaired) electrons. The second kappa shape index (κ2) is 10.1. The predicted octanol–water partition coefficient (Wildman–Crippen LogP) is 5.42. The lowest BCUT2D eigenvalue weighted by atomic mass is 10.1.